The van der Waals surface area contributed by atoms with Gasteiger partial charge in [-0.25, -0.2) is 14.8 Å². The van der Waals surface area contributed by atoms with Crippen LogP contribution >= 0.6 is 0 Å². The van der Waals surface area contributed by atoms with Crippen LogP contribution in [0.1, 0.15) is 10.4 Å². The van der Waals surface area contributed by atoms with Crippen molar-refractivity contribution in [2.45, 2.75) is 0 Å². The molecule has 0 aliphatic carbocycles. The standard InChI is InChI=1S/C17H16N6O2/c1-18-17(25)22-14-4-2-3-13(9-14)21-16(24)12-5-6-15(20-10-12)23-8-7-19-11-23/h2-11H,1H3,(H,21,24)(H2,18,22,25). The lowest BCUT2D eigenvalue weighted by molar-refractivity contribution is 0.102. The fourth-order valence-electron chi connectivity index (χ4n) is 2.14. The number of carbonyl (C=O) groups is 2. The van der Waals surface area contributed by atoms with Gasteiger partial charge in [0.1, 0.15) is 12.1 Å². The predicted octanol–water partition coefficient (Wildman–Crippen LogP) is 2.27. The summed E-state index contributed by atoms with van der Waals surface area (Å²) in [6.45, 7) is 0. The maximum absolute atomic E-state index is 12.3. The van der Waals surface area contributed by atoms with Crippen LogP contribution < -0.4 is 16.0 Å². The van der Waals surface area contributed by atoms with Crippen LogP contribution in [-0.2, 0) is 0 Å². The third kappa shape index (κ3) is 3.99. The van der Waals surface area contributed by atoms with Crippen molar-refractivity contribution < 1.29 is 9.59 Å². The number of anilines is 2. The molecule has 3 aromatic rings. The molecule has 25 heavy (non-hydrogen) atoms. The summed E-state index contributed by atoms with van der Waals surface area (Å²) in [5.74, 6) is 0.382. The number of aromatic nitrogens is 3. The fraction of sp³-hybridized carbons (Fsp3) is 0.0588. The molecule has 0 bridgehead atoms. The predicted molar refractivity (Wildman–Crippen MR) is 93.8 cm³/mol. The van der Waals surface area contributed by atoms with Crippen molar-refractivity contribution in [2.24, 2.45) is 0 Å². The number of amides is 3. The minimum Gasteiger partial charge on any atom is -0.341 e. The third-order valence-corrected chi connectivity index (χ3v) is 3.38. The molecule has 0 aliphatic heterocycles. The zero-order chi connectivity index (χ0) is 17.6. The minimum atomic E-state index is -0.331. The van der Waals surface area contributed by atoms with E-state index in [1.54, 1.807) is 59.7 Å². The van der Waals surface area contributed by atoms with E-state index in [4.69, 9.17) is 0 Å². The Hall–Kier alpha value is -3.68. The van der Waals surface area contributed by atoms with E-state index in [1.807, 2.05) is 0 Å². The normalized spacial score (nSPS) is 10.1. The first-order valence-corrected chi connectivity index (χ1v) is 7.50. The van der Waals surface area contributed by atoms with Gasteiger partial charge in [0.15, 0.2) is 0 Å². The van der Waals surface area contributed by atoms with Gasteiger partial charge in [0.25, 0.3) is 5.91 Å². The summed E-state index contributed by atoms with van der Waals surface area (Å²) >= 11 is 0. The molecule has 0 radical (unpaired) electrons. The molecule has 0 spiro atoms. The van der Waals surface area contributed by atoms with Gasteiger partial charge in [-0.2, -0.15) is 0 Å². The van der Waals surface area contributed by atoms with Gasteiger partial charge in [0.2, 0.25) is 0 Å². The van der Waals surface area contributed by atoms with Gasteiger partial charge in [-0.05, 0) is 30.3 Å². The number of rotatable bonds is 4. The molecule has 2 heterocycles. The van der Waals surface area contributed by atoms with E-state index in [9.17, 15) is 9.59 Å². The maximum atomic E-state index is 12.3. The molecular formula is C17H16N6O2. The lowest BCUT2D eigenvalue weighted by atomic mass is 10.2. The lowest BCUT2D eigenvalue weighted by Gasteiger charge is -2.09. The summed E-state index contributed by atoms with van der Waals surface area (Å²) < 4.78 is 1.75. The van der Waals surface area contributed by atoms with Crippen LogP contribution in [0.25, 0.3) is 5.82 Å². The number of nitrogens with one attached hydrogen (secondary N) is 3. The monoisotopic (exact) mass is 336 g/mol. The molecule has 3 amide bonds. The second-order valence-corrected chi connectivity index (χ2v) is 5.11. The van der Waals surface area contributed by atoms with E-state index in [0.29, 0.717) is 22.8 Å². The van der Waals surface area contributed by atoms with E-state index in [2.05, 4.69) is 25.9 Å². The third-order valence-electron chi connectivity index (χ3n) is 3.38. The summed E-state index contributed by atoms with van der Waals surface area (Å²) in [5, 5.41) is 7.88. The van der Waals surface area contributed by atoms with Crippen LogP contribution in [0.2, 0.25) is 0 Å². The largest absolute Gasteiger partial charge is 0.341 e. The van der Waals surface area contributed by atoms with E-state index in [0.717, 1.165) is 0 Å². The van der Waals surface area contributed by atoms with Crippen LogP contribution in [-0.4, -0.2) is 33.5 Å². The topological polar surface area (TPSA) is 101 Å². The summed E-state index contributed by atoms with van der Waals surface area (Å²) in [6.07, 6.45) is 6.56. The highest BCUT2D eigenvalue weighted by molar-refractivity contribution is 6.04. The van der Waals surface area contributed by atoms with Crippen molar-refractivity contribution in [3.8, 4) is 5.82 Å². The van der Waals surface area contributed by atoms with Crippen molar-refractivity contribution in [2.75, 3.05) is 17.7 Å². The number of hydrogen-bond donors (Lipinski definition) is 3. The molecular weight excluding hydrogens is 320 g/mol. The summed E-state index contributed by atoms with van der Waals surface area (Å²) in [4.78, 5) is 31.9. The van der Waals surface area contributed by atoms with Gasteiger partial charge < -0.3 is 16.0 Å². The van der Waals surface area contributed by atoms with E-state index >= 15 is 0 Å². The van der Waals surface area contributed by atoms with Crippen molar-refractivity contribution >= 4 is 23.3 Å². The first-order chi connectivity index (χ1) is 12.2. The summed E-state index contributed by atoms with van der Waals surface area (Å²) in [6, 6.07) is 9.96. The van der Waals surface area contributed by atoms with E-state index in [-0.39, 0.29) is 11.9 Å². The number of hydrogen-bond acceptors (Lipinski definition) is 4. The molecule has 1 aromatic carbocycles. The second kappa shape index (κ2) is 7.26. The molecule has 3 rings (SSSR count). The number of pyridine rings is 1. The molecule has 0 fully saturated rings. The van der Waals surface area contributed by atoms with Gasteiger partial charge in [-0.3, -0.25) is 9.36 Å². The molecule has 0 saturated heterocycles. The minimum absolute atomic E-state index is 0.290. The molecule has 0 atom stereocenters. The molecule has 8 nitrogen and oxygen atoms in total. The molecule has 3 N–H and O–H groups in total. The van der Waals surface area contributed by atoms with Crippen LogP contribution in [0.3, 0.4) is 0 Å². The number of benzene rings is 1. The Bertz CT molecular complexity index is 874. The smallest absolute Gasteiger partial charge is 0.318 e. The lowest BCUT2D eigenvalue weighted by Crippen LogP contribution is -2.24. The first kappa shape index (κ1) is 16.2. The first-order valence-electron chi connectivity index (χ1n) is 7.50. The van der Waals surface area contributed by atoms with Crippen LogP contribution in [0, 0.1) is 0 Å². The number of imidazole rings is 1. The Labute approximate surface area is 143 Å². The molecule has 2 aromatic heterocycles. The Kier molecular flexibility index (Phi) is 4.70. The maximum Gasteiger partial charge on any atom is 0.318 e. The Morgan fingerprint density at radius 1 is 1.08 bits per heavy atom. The van der Waals surface area contributed by atoms with Crippen LogP contribution in [0.5, 0.6) is 0 Å². The second-order valence-electron chi connectivity index (χ2n) is 5.11. The molecule has 0 aliphatic rings. The molecule has 126 valence electrons. The zero-order valence-corrected chi connectivity index (χ0v) is 13.4. The fourth-order valence-corrected chi connectivity index (χ4v) is 2.14. The summed E-state index contributed by atoms with van der Waals surface area (Å²) in [5.41, 5.74) is 1.57. The number of nitrogens with zero attached hydrogens (tertiary/aromatic N) is 3. The highest BCUT2D eigenvalue weighted by Gasteiger charge is 2.08. The van der Waals surface area contributed by atoms with E-state index in [1.165, 1.54) is 13.2 Å². The van der Waals surface area contributed by atoms with Gasteiger partial charge in [0.05, 0.1) is 5.56 Å². The molecule has 0 saturated carbocycles. The van der Waals surface area contributed by atoms with Crippen LogP contribution in [0.15, 0.2) is 61.3 Å². The average Bonchev–Trinajstić information content (AvgIpc) is 3.16. The van der Waals surface area contributed by atoms with Crippen molar-refractivity contribution in [3.63, 3.8) is 0 Å². The zero-order valence-electron chi connectivity index (χ0n) is 13.4. The highest BCUT2D eigenvalue weighted by Crippen LogP contribution is 2.16. The van der Waals surface area contributed by atoms with Gasteiger partial charge in [-0.1, -0.05) is 6.07 Å². The SMILES string of the molecule is CNC(=O)Nc1cccc(NC(=O)c2ccc(-n3ccnc3)nc2)c1. The van der Waals surface area contributed by atoms with E-state index < -0.39 is 0 Å². The Balaban J connectivity index is 1.70. The highest BCUT2D eigenvalue weighted by atomic mass is 16.2. The van der Waals surface area contributed by atoms with Crippen molar-refractivity contribution in [1.82, 2.24) is 19.9 Å². The molecule has 8 heteroatoms. The number of carbonyl (C=O) groups excluding carboxylic acids is 2. The van der Waals surface area contributed by atoms with Gasteiger partial charge in [-0.15, -0.1) is 0 Å². The molecule has 0 unspecified atom stereocenters. The van der Waals surface area contributed by atoms with Crippen molar-refractivity contribution in [1.29, 1.82) is 0 Å². The van der Waals surface area contributed by atoms with Gasteiger partial charge >= 0.3 is 6.03 Å². The average molecular weight is 336 g/mol. The van der Waals surface area contributed by atoms with Crippen LogP contribution in [0.4, 0.5) is 16.2 Å². The van der Waals surface area contributed by atoms with Crippen molar-refractivity contribution in [3.05, 3.63) is 66.9 Å². The summed E-state index contributed by atoms with van der Waals surface area (Å²) in [7, 11) is 1.53. The Morgan fingerprint density at radius 2 is 1.88 bits per heavy atom. The van der Waals surface area contributed by atoms with Gasteiger partial charge in [0, 0.05) is 37.0 Å². The number of urea groups is 1. The Morgan fingerprint density at radius 3 is 2.52 bits per heavy atom. The quantitative estimate of drug-likeness (QED) is 0.680.